The number of pyridine rings is 1. The number of nitriles is 1. The van der Waals surface area contributed by atoms with Gasteiger partial charge >= 0.3 is 0 Å². The fraction of sp³-hybridized carbons (Fsp3) is 0.333. The molecule has 2 heterocycles. The molecule has 0 saturated carbocycles. The van der Waals surface area contributed by atoms with E-state index >= 15 is 0 Å². The first-order valence-electron chi connectivity index (χ1n) is 5.93. The van der Waals surface area contributed by atoms with E-state index in [0.717, 1.165) is 4.31 Å². The molecule has 1 aliphatic heterocycles. The molecular weight excluding hydrogens is 296 g/mol. The molecular formula is C12H12N4O4S. The van der Waals surface area contributed by atoms with Crippen LogP contribution in [0, 0.1) is 11.3 Å². The maximum absolute atomic E-state index is 12.7. The number of sulfonamides is 1. The number of nitrogens with one attached hydrogen (secondary N) is 1. The van der Waals surface area contributed by atoms with Crippen LogP contribution in [0.1, 0.15) is 19.5 Å². The van der Waals surface area contributed by atoms with Gasteiger partial charge in [0.1, 0.15) is 16.5 Å². The quantitative estimate of drug-likeness (QED) is 0.727. The van der Waals surface area contributed by atoms with Crippen molar-refractivity contribution in [2.75, 3.05) is 6.54 Å². The zero-order valence-corrected chi connectivity index (χ0v) is 12.1. The largest absolute Gasteiger partial charge is 0.294 e. The Labute approximate surface area is 121 Å². The first-order chi connectivity index (χ1) is 9.71. The molecule has 0 spiro atoms. The van der Waals surface area contributed by atoms with E-state index in [1.165, 1.54) is 32.2 Å². The van der Waals surface area contributed by atoms with E-state index < -0.39 is 33.9 Å². The van der Waals surface area contributed by atoms with E-state index in [1.807, 2.05) is 0 Å². The number of hydrogen-bond donors (Lipinski definition) is 1. The number of carbonyl (C=O) groups excluding carboxylic acids is 2. The molecule has 1 aromatic rings. The van der Waals surface area contributed by atoms with Crippen LogP contribution in [-0.4, -0.2) is 41.6 Å². The Morgan fingerprint density at radius 3 is 2.71 bits per heavy atom. The topological polar surface area (TPSA) is 120 Å². The van der Waals surface area contributed by atoms with E-state index in [-0.39, 0.29) is 10.6 Å². The van der Waals surface area contributed by atoms with Crippen LogP contribution in [0.25, 0.3) is 0 Å². The van der Waals surface area contributed by atoms with Gasteiger partial charge in [0.15, 0.2) is 5.69 Å². The highest BCUT2D eigenvalue weighted by Gasteiger charge is 2.48. The zero-order valence-electron chi connectivity index (χ0n) is 11.3. The van der Waals surface area contributed by atoms with Crippen molar-refractivity contribution in [3.05, 3.63) is 24.0 Å². The lowest BCUT2D eigenvalue weighted by Crippen LogP contribution is -2.65. The Hall–Kier alpha value is -2.31. The molecule has 0 bridgehead atoms. The number of nitrogens with zero attached hydrogens (tertiary/aromatic N) is 3. The highest BCUT2D eigenvalue weighted by Crippen LogP contribution is 2.27. The van der Waals surface area contributed by atoms with Gasteiger partial charge in [0.25, 0.3) is 0 Å². The molecule has 8 nitrogen and oxygen atoms in total. The van der Waals surface area contributed by atoms with Crippen molar-refractivity contribution in [2.45, 2.75) is 24.3 Å². The number of hydrogen-bond acceptors (Lipinski definition) is 6. The van der Waals surface area contributed by atoms with E-state index in [9.17, 15) is 18.0 Å². The van der Waals surface area contributed by atoms with Crippen molar-refractivity contribution < 1.29 is 18.0 Å². The van der Waals surface area contributed by atoms with Crippen molar-refractivity contribution in [1.29, 1.82) is 5.26 Å². The van der Waals surface area contributed by atoms with E-state index in [4.69, 9.17) is 5.26 Å². The summed E-state index contributed by atoms with van der Waals surface area (Å²) in [5, 5.41) is 11.1. The number of imide groups is 1. The zero-order chi connectivity index (χ0) is 15.8. The lowest BCUT2D eigenvalue weighted by atomic mass is 10.0. The Bertz CT molecular complexity index is 764. The van der Waals surface area contributed by atoms with Gasteiger partial charge in [-0.05, 0) is 26.0 Å². The van der Waals surface area contributed by atoms with Crippen LogP contribution in [0.15, 0.2) is 23.2 Å². The average molecular weight is 308 g/mol. The van der Waals surface area contributed by atoms with Gasteiger partial charge in [0.05, 0.1) is 6.54 Å². The van der Waals surface area contributed by atoms with Crippen LogP contribution in [0.5, 0.6) is 0 Å². The minimum atomic E-state index is -4.21. The minimum Gasteiger partial charge on any atom is -0.294 e. The molecule has 110 valence electrons. The molecule has 1 aliphatic rings. The molecule has 1 fully saturated rings. The second-order valence-electron chi connectivity index (χ2n) is 4.91. The molecule has 1 N–H and O–H groups in total. The van der Waals surface area contributed by atoms with Crippen molar-refractivity contribution >= 4 is 21.8 Å². The van der Waals surface area contributed by atoms with Gasteiger partial charge in [-0.25, -0.2) is 13.4 Å². The van der Waals surface area contributed by atoms with Gasteiger partial charge in [0, 0.05) is 6.20 Å². The standard InChI is InChI=1S/C12H12N4O4S/c1-12(2)11(18)15-10(17)7-16(12)21(19,20)9-4-3-5-14-8(9)6-13/h3-5H,7H2,1-2H3,(H,15,17,18). The van der Waals surface area contributed by atoms with Gasteiger partial charge in [-0.15, -0.1) is 0 Å². The Balaban J connectivity index is 2.60. The van der Waals surface area contributed by atoms with Crippen molar-refractivity contribution in [2.24, 2.45) is 0 Å². The average Bonchev–Trinajstić information content (AvgIpc) is 2.43. The highest BCUT2D eigenvalue weighted by molar-refractivity contribution is 7.89. The van der Waals surface area contributed by atoms with Crippen LogP contribution in [0.3, 0.4) is 0 Å². The summed E-state index contributed by atoms with van der Waals surface area (Å²) in [6.45, 7) is 2.27. The third-order valence-electron chi connectivity index (χ3n) is 3.16. The van der Waals surface area contributed by atoms with Crippen LogP contribution in [0.4, 0.5) is 0 Å². The molecule has 0 unspecified atom stereocenters. The Kier molecular flexibility index (Phi) is 3.52. The number of aromatic nitrogens is 1. The molecule has 2 amide bonds. The Morgan fingerprint density at radius 1 is 1.43 bits per heavy atom. The van der Waals surface area contributed by atoms with E-state index in [2.05, 4.69) is 10.3 Å². The summed E-state index contributed by atoms with van der Waals surface area (Å²) in [5.74, 6) is -1.44. The van der Waals surface area contributed by atoms with Crippen LogP contribution in [0.2, 0.25) is 0 Å². The molecule has 0 atom stereocenters. The number of amides is 2. The van der Waals surface area contributed by atoms with Gasteiger partial charge in [0.2, 0.25) is 21.8 Å². The normalized spacial score (nSPS) is 18.9. The predicted octanol–water partition coefficient (Wildman–Crippen LogP) is -0.621. The van der Waals surface area contributed by atoms with E-state index in [1.54, 1.807) is 6.07 Å². The minimum absolute atomic E-state index is 0.285. The molecule has 1 saturated heterocycles. The molecule has 21 heavy (non-hydrogen) atoms. The summed E-state index contributed by atoms with van der Waals surface area (Å²) in [7, 11) is -4.21. The molecule has 1 aromatic heterocycles. The van der Waals surface area contributed by atoms with Gasteiger partial charge in [-0.3, -0.25) is 14.9 Å². The van der Waals surface area contributed by atoms with Crippen LogP contribution in [-0.2, 0) is 19.6 Å². The summed E-state index contributed by atoms with van der Waals surface area (Å²) in [5.41, 5.74) is -1.73. The monoisotopic (exact) mass is 308 g/mol. The third kappa shape index (κ3) is 2.39. The molecule has 0 aromatic carbocycles. The number of piperazine rings is 1. The number of carbonyl (C=O) groups is 2. The number of rotatable bonds is 2. The van der Waals surface area contributed by atoms with Crippen molar-refractivity contribution in [1.82, 2.24) is 14.6 Å². The molecule has 2 rings (SSSR count). The maximum Gasteiger partial charge on any atom is 0.247 e. The lowest BCUT2D eigenvalue weighted by Gasteiger charge is -2.38. The first kappa shape index (κ1) is 15.1. The van der Waals surface area contributed by atoms with Gasteiger partial charge < -0.3 is 0 Å². The Morgan fingerprint density at radius 2 is 2.10 bits per heavy atom. The smallest absolute Gasteiger partial charge is 0.247 e. The van der Waals surface area contributed by atoms with Crippen LogP contribution < -0.4 is 5.32 Å². The lowest BCUT2D eigenvalue weighted by molar-refractivity contribution is -0.141. The predicted molar refractivity (Wildman–Crippen MR) is 70.1 cm³/mol. The van der Waals surface area contributed by atoms with Crippen molar-refractivity contribution in [3.8, 4) is 6.07 Å². The summed E-state index contributed by atoms with van der Waals surface area (Å²) in [4.78, 5) is 26.7. The highest BCUT2D eigenvalue weighted by atomic mass is 32.2. The second kappa shape index (κ2) is 4.91. The summed E-state index contributed by atoms with van der Waals surface area (Å²) < 4.78 is 26.1. The first-order valence-corrected chi connectivity index (χ1v) is 7.37. The van der Waals surface area contributed by atoms with E-state index in [0.29, 0.717) is 0 Å². The molecule has 0 radical (unpaired) electrons. The SMILES string of the molecule is CC1(C)C(=O)NC(=O)CN1S(=O)(=O)c1cccnc1C#N. The van der Waals surface area contributed by atoms with Crippen molar-refractivity contribution in [3.63, 3.8) is 0 Å². The summed E-state index contributed by atoms with van der Waals surface area (Å²) in [6.07, 6.45) is 1.29. The van der Waals surface area contributed by atoms with Gasteiger partial charge in [-0.2, -0.15) is 9.57 Å². The summed E-state index contributed by atoms with van der Waals surface area (Å²) in [6, 6.07) is 4.27. The third-order valence-corrected chi connectivity index (χ3v) is 5.22. The second-order valence-corrected chi connectivity index (χ2v) is 6.74. The van der Waals surface area contributed by atoms with Gasteiger partial charge in [-0.1, -0.05) is 0 Å². The summed E-state index contributed by atoms with van der Waals surface area (Å²) >= 11 is 0. The fourth-order valence-electron chi connectivity index (χ4n) is 1.95. The fourth-order valence-corrected chi connectivity index (χ4v) is 3.75. The maximum atomic E-state index is 12.7. The molecule has 0 aliphatic carbocycles. The van der Waals surface area contributed by atoms with Crippen LogP contribution >= 0.6 is 0 Å². The molecule has 9 heteroatoms.